The molecule has 0 aromatic heterocycles. The van der Waals surface area contributed by atoms with Crippen molar-refractivity contribution in [1.29, 1.82) is 0 Å². The van der Waals surface area contributed by atoms with Gasteiger partial charge in [0.15, 0.2) is 6.10 Å². The molecule has 0 saturated heterocycles. The maximum atomic E-state index is 12.5. The molecule has 1 atom stereocenters. The van der Waals surface area contributed by atoms with Gasteiger partial charge < -0.3 is 10.1 Å². The highest BCUT2D eigenvalue weighted by Crippen LogP contribution is 2.18. The van der Waals surface area contributed by atoms with E-state index in [2.05, 4.69) is 5.32 Å². The molecule has 156 valence electrons. The number of sulfonamides is 1. The van der Waals surface area contributed by atoms with E-state index in [0.29, 0.717) is 13.1 Å². The highest BCUT2D eigenvalue weighted by molar-refractivity contribution is 7.89. The van der Waals surface area contributed by atoms with Crippen molar-refractivity contribution in [3.05, 3.63) is 29.8 Å². The van der Waals surface area contributed by atoms with Crippen LogP contribution >= 0.6 is 0 Å². The Morgan fingerprint density at radius 3 is 2.21 bits per heavy atom. The van der Waals surface area contributed by atoms with Gasteiger partial charge in [-0.3, -0.25) is 4.79 Å². The first-order valence-corrected chi connectivity index (χ1v) is 11.3. The fourth-order valence-corrected chi connectivity index (χ4v) is 4.78. The number of nitrogens with zero attached hydrogens (tertiary/aromatic N) is 1. The van der Waals surface area contributed by atoms with Crippen LogP contribution in [0.5, 0.6) is 0 Å². The lowest BCUT2D eigenvalue weighted by Crippen LogP contribution is -2.42. The van der Waals surface area contributed by atoms with Gasteiger partial charge in [-0.05, 0) is 44.0 Å². The van der Waals surface area contributed by atoms with Crippen molar-refractivity contribution in [3.63, 3.8) is 0 Å². The normalized spacial score (nSPS) is 16.6. The van der Waals surface area contributed by atoms with E-state index in [4.69, 9.17) is 4.74 Å². The molecule has 1 amide bonds. The minimum absolute atomic E-state index is 0.121. The van der Waals surface area contributed by atoms with Crippen LogP contribution in [0.3, 0.4) is 0 Å². The van der Waals surface area contributed by atoms with E-state index in [1.54, 1.807) is 13.8 Å². The van der Waals surface area contributed by atoms with Gasteiger partial charge in [-0.2, -0.15) is 4.31 Å². The van der Waals surface area contributed by atoms with Crippen LogP contribution in [-0.2, 0) is 19.6 Å². The SMILES string of the molecule is CCN(CC)S(=O)(=O)c1ccc(C(=O)OC(C)C(=O)NC2CCCCC2)cc1. The number of ether oxygens (including phenoxy) is 1. The summed E-state index contributed by atoms with van der Waals surface area (Å²) in [5.74, 6) is -0.959. The Balaban J connectivity index is 1.97. The van der Waals surface area contributed by atoms with E-state index < -0.39 is 22.1 Å². The molecular weight excluding hydrogens is 380 g/mol. The third kappa shape index (κ3) is 5.54. The molecule has 0 aliphatic heterocycles. The molecule has 1 aromatic rings. The molecule has 7 nitrogen and oxygen atoms in total. The van der Waals surface area contributed by atoms with E-state index in [1.807, 2.05) is 0 Å². The third-order valence-corrected chi connectivity index (χ3v) is 7.10. The zero-order chi connectivity index (χ0) is 20.7. The fraction of sp³-hybridized carbons (Fsp3) is 0.600. The Morgan fingerprint density at radius 1 is 1.11 bits per heavy atom. The third-order valence-electron chi connectivity index (χ3n) is 5.04. The van der Waals surface area contributed by atoms with Crippen molar-refractivity contribution >= 4 is 21.9 Å². The minimum atomic E-state index is -3.58. The summed E-state index contributed by atoms with van der Waals surface area (Å²) in [6.07, 6.45) is 4.39. The number of nitrogens with one attached hydrogen (secondary N) is 1. The molecule has 1 aromatic carbocycles. The number of amides is 1. The van der Waals surface area contributed by atoms with Gasteiger partial charge in [0.1, 0.15) is 0 Å². The Hall–Kier alpha value is -1.93. The molecule has 1 aliphatic rings. The Kier molecular flexibility index (Phi) is 8.00. The zero-order valence-electron chi connectivity index (χ0n) is 16.8. The number of hydrogen-bond acceptors (Lipinski definition) is 5. The highest BCUT2D eigenvalue weighted by atomic mass is 32.2. The van der Waals surface area contributed by atoms with Gasteiger partial charge in [0.2, 0.25) is 10.0 Å². The van der Waals surface area contributed by atoms with Crippen molar-refractivity contribution in [1.82, 2.24) is 9.62 Å². The van der Waals surface area contributed by atoms with Crippen LogP contribution in [0.2, 0.25) is 0 Å². The molecular formula is C20H30N2O5S. The summed E-state index contributed by atoms with van der Waals surface area (Å²) < 4.78 is 31.6. The highest BCUT2D eigenvalue weighted by Gasteiger charge is 2.24. The van der Waals surface area contributed by atoms with Gasteiger partial charge in [-0.25, -0.2) is 13.2 Å². The van der Waals surface area contributed by atoms with Gasteiger partial charge in [-0.15, -0.1) is 0 Å². The first kappa shape index (κ1) is 22.4. The number of hydrogen-bond donors (Lipinski definition) is 1. The molecule has 1 saturated carbocycles. The van der Waals surface area contributed by atoms with Crippen molar-refractivity contribution in [3.8, 4) is 0 Å². The Labute approximate surface area is 167 Å². The van der Waals surface area contributed by atoms with Gasteiger partial charge >= 0.3 is 5.97 Å². The van der Waals surface area contributed by atoms with Crippen LogP contribution in [0.25, 0.3) is 0 Å². The number of esters is 1. The smallest absolute Gasteiger partial charge is 0.338 e. The van der Waals surface area contributed by atoms with E-state index in [1.165, 1.54) is 41.9 Å². The average molecular weight is 411 g/mol. The number of benzene rings is 1. The largest absolute Gasteiger partial charge is 0.449 e. The van der Waals surface area contributed by atoms with E-state index in [0.717, 1.165) is 25.7 Å². The number of rotatable bonds is 8. The molecule has 0 heterocycles. The second kappa shape index (κ2) is 10.0. The Bertz CT molecular complexity index is 766. The van der Waals surface area contributed by atoms with Crippen molar-refractivity contribution < 1.29 is 22.7 Å². The van der Waals surface area contributed by atoms with Crippen LogP contribution in [-0.4, -0.2) is 49.8 Å². The number of carbonyl (C=O) groups excluding carboxylic acids is 2. The molecule has 0 radical (unpaired) electrons. The van der Waals surface area contributed by atoms with Crippen LogP contribution in [0, 0.1) is 0 Å². The van der Waals surface area contributed by atoms with E-state index >= 15 is 0 Å². The van der Waals surface area contributed by atoms with Crippen LogP contribution in [0.15, 0.2) is 29.2 Å². The van der Waals surface area contributed by atoms with Gasteiger partial charge in [0, 0.05) is 19.1 Å². The summed E-state index contributed by atoms with van der Waals surface area (Å²) in [6.45, 7) is 5.82. The molecule has 1 unspecified atom stereocenters. The molecule has 0 spiro atoms. The lowest BCUT2D eigenvalue weighted by molar-refractivity contribution is -0.130. The quantitative estimate of drug-likeness (QED) is 0.665. The summed E-state index contributed by atoms with van der Waals surface area (Å²) >= 11 is 0. The molecule has 0 bridgehead atoms. The topological polar surface area (TPSA) is 92.8 Å². The number of carbonyl (C=O) groups is 2. The van der Waals surface area contributed by atoms with E-state index in [-0.39, 0.29) is 22.4 Å². The standard InChI is InChI=1S/C20H30N2O5S/c1-4-22(5-2)28(25,26)18-13-11-16(12-14-18)20(24)27-15(3)19(23)21-17-9-7-6-8-10-17/h11-15,17H,4-10H2,1-3H3,(H,21,23). The molecule has 28 heavy (non-hydrogen) atoms. The van der Waals surface area contributed by atoms with Crippen molar-refractivity contribution in [2.75, 3.05) is 13.1 Å². The molecule has 1 fully saturated rings. The predicted octanol–water partition coefficient (Wildman–Crippen LogP) is 2.71. The monoisotopic (exact) mass is 410 g/mol. The fourth-order valence-electron chi connectivity index (χ4n) is 3.32. The summed E-state index contributed by atoms with van der Waals surface area (Å²) in [4.78, 5) is 24.6. The van der Waals surface area contributed by atoms with Crippen molar-refractivity contribution in [2.45, 2.75) is 69.9 Å². The van der Waals surface area contributed by atoms with Gasteiger partial charge in [0.05, 0.1) is 10.5 Å². The Morgan fingerprint density at radius 2 is 1.68 bits per heavy atom. The molecule has 1 aliphatic carbocycles. The molecule has 8 heteroatoms. The minimum Gasteiger partial charge on any atom is -0.449 e. The molecule has 2 rings (SSSR count). The first-order chi connectivity index (χ1) is 13.3. The maximum Gasteiger partial charge on any atom is 0.338 e. The van der Waals surface area contributed by atoms with Gasteiger partial charge in [-0.1, -0.05) is 33.1 Å². The second-order valence-electron chi connectivity index (χ2n) is 7.00. The lowest BCUT2D eigenvalue weighted by atomic mass is 9.95. The summed E-state index contributed by atoms with van der Waals surface area (Å²) in [5, 5.41) is 2.93. The summed E-state index contributed by atoms with van der Waals surface area (Å²) in [5.41, 5.74) is 0.204. The van der Waals surface area contributed by atoms with Crippen LogP contribution in [0.1, 0.15) is 63.2 Å². The van der Waals surface area contributed by atoms with E-state index in [9.17, 15) is 18.0 Å². The summed E-state index contributed by atoms with van der Waals surface area (Å²) in [6, 6.07) is 5.73. The predicted molar refractivity (Wildman–Crippen MR) is 106 cm³/mol. The van der Waals surface area contributed by atoms with Crippen LogP contribution in [0.4, 0.5) is 0 Å². The summed E-state index contributed by atoms with van der Waals surface area (Å²) in [7, 11) is -3.58. The lowest BCUT2D eigenvalue weighted by Gasteiger charge is -2.24. The maximum absolute atomic E-state index is 12.5. The van der Waals surface area contributed by atoms with Crippen LogP contribution < -0.4 is 5.32 Å². The average Bonchev–Trinajstić information content (AvgIpc) is 2.69. The zero-order valence-corrected chi connectivity index (χ0v) is 17.6. The van der Waals surface area contributed by atoms with Gasteiger partial charge in [0.25, 0.3) is 5.91 Å². The first-order valence-electron chi connectivity index (χ1n) is 9.91. The molecule has 1 N–H and O–H groups in total. The second-order valence-corrected chi connectivity index (χ2v) is 8.94. The van der Waals surface area contributed by atoms with Crippen molar-refractivity contribution in [2.24, 2.45) is 0 Å².